The topological polar surface area (TPSA) is 72.2 Å². The Balaban J connectivity index is 1.32. The first kappa shape index (κ1) is 22.3. The Morgan fingerprint density at radius 3 is 2.38 bits per heavy atom. The van der Waals surface area contributed by atoms with E-state index < -0.39 is 0 Å². The highest BCUT2D eigenvalue weighted by atomic mass is 16.2. The van der Waals surface area contributed by atoms with Crippen LogP contribution in [0.3, 0.4) is 0 Å². The lowest BCUT2D eigenvalue weighted by Crippen LogP contribution is -2.43. The molecule has 7 heteroatoms. The van der Waals surface area contributed by atoms with Crippen molar-refractivity contribution in [3.63, 3.8) is 0 Å². The molecule has 1 N–H and O–H groups in total. The lowest BCUT2D eigenvalue weighted by Gasteiger charge is -2.33. The number of benzene rings is 2. The summed E-state index contributed by atoms with van der Waals surface area (Å²) in [6, 6.07) is 18.2. The average Bonchev–Trinajstić information content (AvgIpc) is 3.58. The molecule has 1 fully saturated rings. The first-order valence-electron chi connectivity index (χ1n) is 12.1. The second-order valence-corrected chi connectivity index (χ2v) is 9.44. The average molecular weight is 458 g/mol. The summed E-state index contributed by atoms with van der Waals surface area (Å²) >= 11 is 0. The summed E-state index contributed by atoms with van der Waals surface area (Å²) in [6.07, 6.45) is 6.83. The summed E-state index contributed by atoms with van der Waals surface area (Å²) in [5, 5.41) is 7.40. The molecule has 176 valence electrons. The number of carbonyl (C=O) groups is 1. The standard InChI is InChI=1S/C27H31N5O2/c1-19(2)32-27(34)31(18-28-32)24-12-8-20(9-13-24)21-14-16-30(17-15-21)25(22-6-4-3-5-7-22)26(33)29-23-10-11-23/h3-9,12-14,18-19,23,25H,10-11,15-17H2,1-2H3,(H,29,33). The third kappa shape index (κ3) is 4.61. The van der Waals surface area contributed by atoms with Gasteiger partial charge in [0, 0.05) is 19.1 Å². The zero-order valence-corrected chi connectivity index (χ0v) is 19.7. The Kier molecular flexibility index (Phi) is 6.20. The summed E-state index contributed by atoms with van der Waals surface area (Å²) in [5.74, 6) is 0.0993. The molecule has 1 amide bonds. The van der Waals surface area contributed by atoms with E-state index in [1.54, 1.807) is 10.9 Å². The molecule has 1 aromatic heterocycles. The summed E-state index contributed by atoms with van der Waals surface area (Å²) < 4.78 is 3.05. The van der Waals surface area contributed by atoms with Gasteiger partial charge in [0.05, 0.1) is 11.7 Å². The molecule has 1 atom stereocenters. The van der Waals surface area contributed by atoms with Crippen LogP contribution in [0.5, 0.6) is 0 Å². The number of nitrogens with one attached hydrogen (secondary N) is 1. The van der Waals surface area contributed by atoms with Crippen LogP contribution in [-0.4, -0.2) is 44.3 Å². The molecule has 3 aromatic rings. The molecule has 2 aliphatic rings. The predicted octanol–water partition coefficient (Wildman–Crippen LogP) is 3.72. The van der Waals surface area contributed by atoms with E-state index in [9.17, 15) is 9.59 Å². The fourth-order valence-electron chi connectivity index (χ4n) is 4.54. The Hall–Kier alpha value is -3.45. The molecular formula is C27H31N5O2. The van der Waals surface area contributed by atoms with Crippen LogP contribution in [0, 0.1) is 0 Å². The van der Waals surface area contributed by atoms with Gasteiger partial charge < -0.3 is 5.32 Å². The van der Waals surface area contributed by atoms with Crippen LogP contribution in [0.2, 0.25) is 0 Å². The van der Waals surface area contributed by atoms with Gasteiger partial charge in [-0.3, -0.25) is 9.69 Å². The maximum absolute atomic E-state index is 13.1. The summed E-state index contributed by atoms with van der Waals surface area (Å²) in [6.45, 7) is 5.42. The Morgan fingerprint density at radius 2 is 1.79 bits per heavy atom. The summed E-state index contributed by atoms with van der Waals surface area (Å²) in [5.41, 5.74) is 4.12. The van der Waals surface area contributed by atoms with Crippen LogP contribution in [0.1, 0.15) is 56.3 Å². The van der Waals surface area contributed by atoms with Gasteiger partial charge in [0.15, 0.2) is 0 Å². The minimum atomic E-state index is -0.272. The van der Waals surface area contributed by atoms with Gasteiger partial charge in [0.1, 0.15) is 12.4 Å². The maximum Gasteiger partial charge on any atom is 0.350 e. The quantitative estimate of drug-likeness (QED) is 0.587. The lowest BCUT2D eigenvalue weighted by atomic mass is 9.96. The number of aromatic nitrogens is 3. The predicted molar refractivity (Wildman–Crippen MR) is 133 cm³/mol. The number of hydrogen-bond acceptors (Lipinski definition) is 4. The molecule has 0 radical (unpaired) electrons. The van der Waals surface area contributed by atoms with Gasteiger partial charge in [-0.2, -0.15) is 5.10 Å². The van der Waals surface area contributed by atoms with Crippen molar-refractivity contribution < 1.29 is 4.79 Å². The normalized spacial score (nSPS) is 17.4. The summed E-state index contributed by atoms with van der Waals surface area (Å²) in [4.78, 5) is 27.9. The number of carbonyl (C=O) groups excluding carboxylic acids is 1. The van der Waals surface area contributed by atoms with Crippen LogP contribution < -0.4 is 11.0 Å². The Labute approximate surface area is 199 Å². The van der Waals surface area contributed by atoms with Crippen LogP contribution >= 0.6 is 0 Å². The molecule has 1 unspecified atom stereocenters. The lowest BCUT2D eigenvalue weighted by molar-refractivity contribution is -0.126. The van der Waals surface area contributed by atoms with E-state index in [-0.39, 0.29) is 23.7 Å². The second kappa shape index (κ2) is 9.43. The molecule has 34 heavy (non-hydrogen) atoms. The summed E-state index contributed by atoms with van der Waals surface area (Å²) in [7, 11) is 0. The second-order valence-electron chi connectivity index (χ2n) is 9.44. The van der Waals surface area contributed by atoms with E-state index in [1.165, 1.54) is 10.3 Å². The minimum Gasteiger partial charge on any atom is -0.352 e. The van der Waals surface area contributed by atoms with Gasteiger partial charge in [0.2, 0.25) is 5.91 Å². The molecule has 5 rings (SSSR count). The Bertz CT molecular complexity index is 1240. The van der Waals surface area contributed by atoms with Crippen LogP contribution in [0.25, 0.3) is 11.3 Å². The Morgan fingerprint density at radius 1 is 1.06 bits per heavy atom. The molecule has 1 aliphatic heterocycles. The van der Waals surface area contributed by atoms with Crippen LogP contribution in [0.15, 0.2) is 71.8 Å². The molecule has 1 saturated carbocycles. The van der Waals surface area contributed by atoms with Gasteiger partial charge in [-0.05, 0) is 61.9 Å². The van der Waals surface area contributed by atoms with E-state index in [2.05, 4.69) is 33.5 Å². The fourth-order valence-corrected chi connectivity index (χ4v) is 4.54. The first-order valence-corrected chi connectivity index (χ1v) is 12.1. The van der Waals surface area contributed by atoms with E-state index in [1.807, 2.05) is 56.3 Å². The number of hydrogen-bond donors (Lipinski definition) is 1. The number of rotatable bonds is 7. The van der Waals surface area contributed by atoms with E-state index in [0.717, 1.165) is 49.2 Å². The van der Waals surface area contributed by atoms with Gasteiger partial charge in [-0.15, -0.1) is 0 Å². The van der Waals surface area contributed by atoms with E-state index in [0.29, 0.717) is 6.04 Å². The van der Waals surface area contributed by atoms with Gasteiger partial charge in [0.25, 0.3) is 0 Å². The molecular weight excluding hydrogens is 426 g/mol. The van der Waals surface area contributed by atoms with E-state index >= 15 is 0 Å². The highest BCUT2D eigenvalue weighted by Crippen LogP contribution is 2.30. The smallest absolute Gasteiger partial charge is 0.350 e. The highest BCUT2D eigenvalue weighted by Gasteiger charge is 2.32. The fraction of sp³-hybridized carbons (Fsp3) is 0.370. The molecule has 0 spiro atoms. The molecule has 7 nitrogen and oxygen atoms in total. The number of amides is 1. The molecule has 2 aromatic carbocycles. The van der Waals surface area contributed by atoms with Crippen LogP contribution in [0.4, 0.5) is 0 Å². The van der Waals surface area contributed by atoms with Crippen molar-refractivity contribution in [3.8, 4) is 5.69 Å². The van der Waals surface area contributed by atoms with Gasteiger partial charge >= 0.3 is 5.69 Å². The molecule has 0 saturated heterocycles. The van der Waals surface area contributed by atoms with Crippen molar-refractivity contribution in [1.29, 1.82) is 0 Å². The van der Waals surface area contributed by atoms with Crippen molar-refractivity contribution in [1.82, 2.24) is 24.6 Å². The van der Waals surface area contributed by atoms with Crippen molar-refractivity contribution in [2.24, 2.45) is 0 Å². The number of nitrogens with zero attached hydrogens (tertiary/aromatic N) is 4. The first-order chi connectivity index (χ1) is 16.5. The zero-order chi connectivity index (χ0) is 23.7. The van der Waals surface area contributed by atoms with Crippen LogP contribution in [-0.2, 0) is 4.79 Å². The zero-order valence-electron chi connectivity index (χ0n) is 19.7. The third-order valence-electron chi connectivity index (χ3n) is 6.59. The van der Waals surface area contributed by atoms with Gasteiger partial charge in [-0.1, -0.05) is 48.5 Å². The molecule has 1 aliphatic carbocycles. The van der Waals surface area contributed by atoms with Crippen molar-refractivity contribution in [2.45, 2.75) is 51.2 Å². The third-order valence-corrected chi connectivity index (χ3v) is 6.59. The maximum atomic E-state index is 13.1. The van der Waals surface area contributed by atoms with Crippen molar-refractivity contribution in [2.75, 3.05) is 13.1 Å². The van der Waals surface area contributed by atoms with E-state index in [4.69, 9.17) is 0 Å². The largest absolute Gasteiger partial charge is 0.352 e. The highest BCUT2D eigenvalue weighted by molar-refractivity contribution is 5.84. The SMILES string of the molecule is CC(C)n1ncn(-c2ccc(C3=CCN(C(C(=O)NC4CC4)c4ccccc4)CC3)cc2)c1=O. The molecule has 0 bridgehead atoms. The molecule has 2 heterocycles. The van der Waals surface area contributed by atoms with Crippen molar-refractivity contribution >= 4 is 11.5 Å². The van der Waals surface area contributed by atoms with Gasteiger partial charge in [-0.25, -0.2) is 14.0 Å². The monoisotopic (exact) mass is 457 g/mol. The van der Waals surface area contributed by atoms with Crippen molar-refractivity contribution in [3.05, 3.63) is 88.6 Å². The minimum absolute atomic E-state index is 0.0226.